The van der Waals surface area contributed by atoms with E-state index in [1.165, 1.54) is 6.42 Å². The van der Waals surface area contributed by atoms with E-state index in [1.54, 1.807) is 11.5 Å². The fraction of sp³-hybridized carbons (Fsp3) is 0.500. The third-order valence-electron chi connectivity index (χ3n) is 4.00. The van der Waals surface area contributed by atoms with Crippen LogP contribution in [0.25, 0.3) is 10.1 Å². The maximum absolute atomic E-state index is 12.2. The van der Waals surface area contributed by atoms with Gasteiger partial charge < -0.3 is 5.11 Å². The van der Waals surface area contributed by atoms with Crippen molar-refractivity contribution in [3.63, 3.8) is 0 Å². The summed E-state index contributed by atoms with van der Waals surface area (Å²) >= 11 is 1.55. The summed E-state index contributed by atoms with van der Waals surface area (Å²) in [6.07, 6.45) is 3.41. The van der Waals surface area contributed by atoms with E-state index in [4.69, 9.17) is 0 Å². The minimum Gasteiger partial charge on any atom is -0.396 e. The van der Waals surface area contributed by atoms with Gasteiger partial charge in [0.1, 0.15) is 0 Å². The van der Waals surface area contributed by atoms with Crippen LogP contribution in [-0.4, -0.2) is 15.7 Å². The molecule has 1 aliphatic carbocycles. The van der Waals surface area contributed by atoms with Crippen LogP contribution in [0.5, 0.6) is 0 Å². The predicted octanol–water partition coefficient (Wildman–Crippen LogP) is 2.47. The average Bonchev–Trinajstić information content (AvgIpc) is 2.96. The lowest BCUT2D eigenvalue weighted by atomic mass is 9.97. The van der Waals surface area contributed by atoms with Crippen molar-refractivity contribution in [3.8, 4) is 0 Å². The molecule has 18 heavy (non-hydrogen) atoms. The van der Waals surface area contributed by atoms with Crippen molar-refractivity contribution in [2.75, 3.05) is 6.61 Å². The van der Waals surface area contributed by atoms with Gasteiger partial charge in [-0.25, -0.2) is 0 Å². The van der Waals surface area contributed by atoms with Crippen LogP contribution in [0.4, 0.5) is 0 Å². The second-order valence-electron chi connectivity index (χ2n) is 5.09. The number of fused-ring (bicyclic) bond motifs is 1. The Kier molecular flexibility index (Phi) is 3.22. The summed E-state index contributed by atoms with van der Waals surface area (Å²) in [5.41, 5.74) is 0.124. The van der Waals surface area contributed by atoms with Gasteiger partial charge >= 0.3 is 0 Å². The van der Waals surface area contributed by atoms with E-state index in [2.05, 4.69) is 0 Å². The van der Waals surface area contributed by atoms with Crippen LogP contribution < -0.4 is 5.56 Å². The summed E-state index contributed by atoms with van der Waals surface area (Å²) in [5.74, 6) is 0.836. The van der Waals surface area contributed by atoms with Crippen molar-refractivity contribution in [2.24, 2.45) is 11.8 Å². The molecule has 1 N–H and O–H groups in total. The number of aromatic nitrogens is 1. The summed E-state index contributed by atoms with van der Waals surface area (Å²) < 4.78 is 2.92. The predicted molar refractivity (Wildman–Crippen MR) is 74.0 cm³/mol. The van der Waals surface area contributed by atoms with Gasteiger partial charge in [0.25, 0.3) is 5.56 Å². The molecule has 1 aromatic heterocycles. The standard InChI is InChI=1S/C14H17NO2S/c16-9-11-5-3-4-10(11)8-15-14(17)12-6-1-2-7-13(12)18-15/h1-2,6-7,10-11,16H,3-5,8-9H2. The average molecular weight is 263 g/mol. The summed E-state index contributed by atoms with van der Waals surface area (Å²) in [6, 6.07) is 7.76. The van der Waals surface area contributed by atoms with Gasteiger partial charge in [0.15, 0.2) is 0 Å². The van der Waals surface area contributed by atoms with Crippen LogP contribution >= 0.6 is 11.5 Å². The van der Waals surface area contributed by atoms with Crippen molar-refractivity contribution in [1.29, 1.82) is 0 Å². The molecule has 0 bridgehead atoms. The number of nitrogens with zero attached hydrogens (tertiary/aromatic N) is 1. The fourth-order valence-corrected chi connectivity index (χ4v) is 4.02. The van der Waals surface area contributed by atoms with E-state index in [-0.39, 0.29) is 12.2 Å². The van der Waals surface area contributed by atoms with E-state index < -0.39 is 0 Å². The largest absolute Gasteiger partial charge is 0.396 e. The van der Waals surface area contributed by atoms with Crippen molar-refractivity contribution in [2.45, 2.75) is 25.8 Å². The van der Waals surface area contributed by atoms with Gasteiger partial charge in [-0.05, 0) is 36.8 Å². The molecule has 1 heterocycles. The topological polar surface area (TPSA) is 42.2 Å². The highest BCUT2D eigenvalue weighted by atomic mass is 32.1. The third kappa shape index (κ3) is 1.99. The normalized spacial score (nSPS) is 23.8. The third-order valence-corrected chi connectivity index (χ3v) is 5.09. The molecule has 0 spiro atoms. The maximum Gasteiger partial charge on any atom is 0.268 e. The quantitative estimate of drug-likeness (QED) is 0.924. The molecule has 1 aliphatic rings. The first-order valence-electron chi connectivity index (χ1n) is 6.49. The molecule has 96 valence electrons. The number of hydrogen-bond acceptors (Lipinski definition) is 3. The van der Waals surface area contributed by atoms with Crippen LogP contribution in [0, 0.1) is 11.8 Å². The highest BCUT2D eigenvalue weighted by Gasteiger charge is 2.27. The summed E-state index contributed by atoms with van der Waals surface area (Å²) in [4.78, 5) is 12.2. The number of rotatable bonds is 3. The monoisotopic (exact) mass is 263 g/mol. The summed E-state index contributed by atoms with van der Waals surface area (Å²) in [5, 5.41) is 10.2. The first kappa shape index (κ1) is 11.9. The Labute approximate surface area is 110 Å². The molecule has 1 aromatic carbocycles. The van der Waals surface area contributed by atoms with Crippen molar-refractivity contribution in [1.82, 2.24) is 3.96 Å². The zero-order chi connectivity index (χ0) is 12.5. The molecule has 2 unspecified atom stereocenters. The number of aliphatic hydroxyl groups is 1. The Morgan fingerprint density at radius 3 is 2.83 bits per heavy atom. The second-order valence-corrected chi connectivity index (χ2v) is 6.15. The minimum absolute atomic E-state index is 0.124. The number of benzene rings is 1. The van der Waals surface area contributed by atoms with Gasteiger partial charge in [-0.1, -0.05) is 30.1 Å². The van der Waals surface area contributed by atoms with E-state index in [0.29, 0.717) is 11.8 Å². The lowest BCUT2D eigenvalue weighted by Gasteiger charge is -2.16. The van der Waals surface area contributed by atoms with Crippen molar-refractivity contribution < 1.29 is 5.11 Å². The summed E-state index contributed by atoms with van der Waals surface area (Å²) in [7, 11) is 0. The molecule has 0 radical (unpaired) electrons. The van der Waals surface area contributed by atoms with Gasteiger partial charge in [0.05, 0.1) is 10.1 Å². The fourth-order valence-electron chi connectivity index (χ4n) is 2.94. The van der Waals surface area contributed by atoms with Crippen LogP contribution in [0.3, 0.4) is 0 Å². The molecule has 0 aliphatic heterocycles. The number of aliphatic hydroxyl groups excluding tert-OH is 1. The lowest BCUT2D eigenvalue weighted by molar-refractivity contribution is 0.186. The Morgan fingerprint density at radius 2 is 2.06 bits per heavy atom. The van der Waals surface area contributed by atoms with E-state index >= 15 is 0 Å². The molecule has 0 saturated heterocycles. The molecule has 0 amide bonds. The van der Waals surface area contributed by atoms with Crippen LogP contribution in [0.15, 0.2) is 29.1 Å². The Morgan fingerprint density at radius 1 is 1.28 bits per heavy atom. The second kappa shape index (κ2) is 4.86. The molecule has 1 saturated carbocycles. The molecule has 2 aromatic rings. The highest BCUT2D eigenvalue weighted by molar-refractivity contribution is 7.13. The van der Waals surface area contributed by atoms with Gasteiger partial charge in [0, 0.05) is 13.2 Å². The van der Waals surface area contributed by atoms with Crippen LogP contribution in [-0.2, 0) is 6.54 Å². The molecular formula is C14H17NO2S. The van der Waals surface area contributed by atoms with Crippen molar-refractivity contribution in [3.05, 3.63) is 34.6 Å². The molecule has 2 atom stereocenters. The SMILES string of the molecule is O=c1c2ccccc2sn1CC1CCCC1CO. The first-order chi connectivity index (χ1) is 8.79. The van der Waals surface area contributed by atoms with Crippen LogP contribution in [0.2, 0.25) is 0 Å². The molecule has 3 rings (SSSR count). The smallest absolute Gasteiger partial charge is 0.268 e. The van der Waals surface area contributed by atoms with E-state index in [0.717, 1.165) is 29.5 Å². The van der Waals surface area contributed by atoms with Gasteiger partial charge in [-0.15, -0.1) is 0 Å². The Bertz CT molecular complexity index is 601. The van der Waals surface area contributed by atoms with E-state index in [9.17, 15) is 9.90 Å². The Hall–Kier alpha value is -1.13. The summed E-state index contributed by atoms with van der Waals surface area (Å²) in [6.45, 7) is 1.02. The highest BCUT2D eigenvalue weighted by Crippen LogP contribution is 2.33. The van der Waals surface area contributed by atoms with Gasteiger partial charge in [-0.3, -0.25) is 8.75 Å². The van der Waals surface area contributed by atoms with Gasteiger partial charge in [0.2, 0.25) is 0 Å². The first-order valence-corrected chi connectivity index (χ1v) is 7.26. The Balaban J connectivity index is 1.91. The minimum atomic E-state index is 0.124. The zero-order valence-corrected chi connectivity index (χ0v) is 11.0. The lowest BCUT2D eigenvalue weighted by Crippen LogP contribution is -2.22. The molecule has 1 fully saturated rings. The molecular weight excluding hydrogens is 246 g/mol. The molecule has 4 heteroatoms. The van der Waals surface area contributed by atoms with Crippen LogP contribution in [0.1, 0.15) is 19.3 Å². The van der Waals surface area contributed by atoms with Gasteiger partial charge in [-0.2, -0.15) is 0 Å². The maximum atomic E-state index is 12.2. The molecule has 3 nitrogen and oxygen atoms in total. The van der Waals surface area contributed by atoms with E-state index in [1.807, 2.05) is 28.2 Å². The zero-order valence-electron chi connectivity index (χ0n) is 10.2. The van der Waals surface area contributed by atoms with Crippen molar-refractivity contribution >= 4 is 21.6 Å². The number of hydrogen-bond donors (Lipinski definition) is 1.